The van der Waals surface area contributed by atoms with Gasteiger partial charge in [-0.1, -0.05) is 13.8 Å². The zero-order valence-electron chi connectivity index (χ0n) is 13.2. The third-order valence-electron chi connectivity index (χ3n) is 4.33. The average molecular weight is 295 g/mol. The summed E-state index contributed by atoms with van der Waals surface area (Å²) in [5, 5.41) is 15.9. The van der Waals surface area contributed by atoms with Crippen molar-refractivity contribution in [1.82, 2.24) is 9.78 Å². The van der Waals surface area contributed by atoms with Crippen molar-refractivity contribution in [3.8, 4) is 0 Å². The van der Waals surface area contributed by atoms with Crippen molar-refractivity contribution in [2.24, 2.45) is 18.7 Å². The predicted octanol–water partition coefficient (Wildman–Crippen LogP) is 2.02. The fourth-order valence-electron chi connectivity index (χ4n) is 3.08. The molecule has 0 saturated carbocycles. The minimum absolute atomic E-state index is 0.0342. The summed E-state index contributed by atoms with van der Waals surface area (Å²) in [6.07, 6.45) is 1.94. The molecule has 21 heavy (non-hydrogen) atoms. The SMILES string of the molecule is CC(C)c1nn(C)c(N2CCC(C(C)N)CC2)c1[N+](=O)[O-]. The monoisotopic (exact) mass is 295 g/mol. The zero-order valence-corrected chi connectivity index (χ0v) is 13.2. The Hall–Kier alpha value is -1.63. The van der Waals surface area contributed by atoms with Gasteiger partial charge in [-0.15, -0.1) is 0 Å². The van der Waals surface area contributed by atoms with E-state index in [0.29, 0.717) is 17.4 Å². The molecule has 1 atom stereocenters. The number of nitrogens with two attached hydrogens (primary N) is 1. The van der Waals surface area contributed by atoms with Gasteiger partial charge in [-0.2, -0.15) is 5.10 Å². The van der Waals surface area contributed by atoms with Gasteiger partial charge in [0.05, 0.1) is 4.92 Å². The minimum Gasteiger partial charge on any atom is -0.351 e. The van der Waals surface area contributed by atoms with Crippen LogP contribution in [0.3, 0.4) is 0 Å². The molecule has 7 heteroatoms. The number of rotatable bonds is 4. The van der Waals surface area contributed by atoms with Crippen LogP contribution in [-0.4, -0.2) is 33.8 Å². The van der Waals surface area contributed by atoms with Gasteiger partial charge in [-0.25, -0.2) is 4.68 Å². The van der Waals surface area contributed by atoms with Crippen LogP contribution >= 0.6 is 0 Å². The molecule has 0 spiro atoms. The van der Waals surface area contributed by atoms with Crippen LogP contribution in [0.4, 0.5) is 11.5 Å². The maximum absolute atomic E-state index is 11.5. The van der Waals surface area contributed by atoms with Crippen molar-refractivity contribution >= 4 is 11.5 Å². The first kappa shape index (κ1) is 15.8. The Labute approximate surface area is 125 Å². The van der Waals surface area contributed by atoms with Gasteiger partial charge >= 0.3 is 5.69 Å². The molecule has 7 nitrogen and oxygen atoms in total. The fourth-order valence-corrected chi connectivity index (χ4v) is 3.08. The molecule has 0 radical (unpaired) electrons. The van der Waals surface area contributed by atoms with Gasteiger partial charge in [0.25, 0.3) is 0 Å². The molecule has 1 aromatic heterocycles. The summed E-state index contributed by atoms with van der Waals surface area (Å²) >= 11 is 0. The lowest BCUT2D eigenvalue weighted by atomic mass is 9.91. The van der Waals surface area contributed by atoms with E-state index in [1.165, 1.54) is 0 Å². The van der Waals surface area contributed by atoms with E-state index >= 15 is 0 Å². The molecular weight excluding hydrogens is 270 g/mol. The van der Waals surface area contributed by atoms with Gasteiger partial charge in [-0.3, -0.25) is 10.1 Å². The zero-order chi connectivity index (χ0) is 15.7. The van der Waals surface area contributed by atoms with E-state index in [0.717, 1.165) is 25.9 Å². The normalized spacial score (nSPS) is 18.3. The lowest BCUT2D eigenvalue weighted by Crippen LogP contribution is -2.40. The molecule has 2 rings (SSSR count). The van der Waals surface area contributed by atoms with Crippen LogP contribution in [-0.2, 0) is 7.05 Å². The number of anilines is 1. The first-order valence-electron chi connectivity index (χ1n) is 7.54. The third kappa shape index (κ3) is 3.02. The van der Waals surface area contributed by atoms with E-state index < -0.39 is 0 Å². The van der Waals surface area contributed by atoms with Gasteiger partial charge < -0.3 is 10.6 Å². The Morgan fingerprint density at radius 1 is 1.33 bits per heavy atom. The van der Waals surface area contributed by atoms with Gasteiger partial charge in [0.15, 0.2) is 0 Å². The molecule has 0 aromatic carbocycles. The van der Waals surface area contributed by atoms with Gasteiger partial charge in [0.2, 0.25) is 5.82 Å². The summed E-state index contributed by atoms with van der Waals surface area (Å²) in [6, 6.07) is 0.180. The molecular formula is C14H25N5O2. The Kier molecular flexibility index (Phi) is 4.51. The molecule has 2 heterocycles. The topological polar surface area (TPSA) is 90.2 Å². The maximum atomic E-state index is 11.5. The second-order valence-electron chi connectivity index (χ2n) is 6.28. The predicted molar refractivity (Wildman–Crippen MR) is 82.5 cm³/mol. The van der Waals surface area contributed by atoms with Crippen molar-refractivity contribution in [1.29, 1.82) is 0 Å². The van der Waals surface area contributed by atoms with E-state index in [1.807, 2.05) is 20.8 Å². The Balaban J connectivity index is 2.30. The average Bonchev–Trinajstić information content (AvgIpc) is 2.76. The molecule has 1 aromatic rings. The molecule has 1 aliphatic rings. The first-order valence-corrected chi connectivity index (χ1v) is 7.54. The number of piperidine rings is 1. The number of nitro groups is 1. The summed E-state index contributed by atoms with van der Waals surface area (Å²) in [7, 11) is 1.78. The highest BCUT2D eigenvalue weighted by atomic mass is 16.6. The number of hydrogen-bond donors (Lipinski definition) is 1. The summed E-state index contributed by atoms with van der Waals surface area (Å²) in [5.41, 5.74) is 6.68. The summed E-state index contributed by atoms with van der Waals surface area (Å²) in [4.78, 5) is 13.3. The van der Waals surface area contributed by atoms with E-state index in [-0.39, 0.29) is 22.6 Å². The summed E-state index contributed by atoms with van der Waals surface area (Å²) in [6.45, 7) is 7.49. The van der Waals surface area contributed by atoms with Crippen molar-refractivity contribution in [2.45, 2.75) is 45.6 Å². The maximum Gasteiger partial charge on any atom is 0.334 e. The lowest BCUT2D eigenvalue weighted by molar-refractivity contribution is -0.385. The smallest absolute Gasteiger partial charge is 0.334 e. The molecule has 2 N–H and O–H groups in total. The van der Waals surface area contributed by atoms with Crippen LogP contribution in [0.25, 0.3) is 0 Å². The Morgan fingerprint density at radius 2 is 1.90 bits per heavy atom. The number of aryl methyl sites for hydroxylation is 1. The highest BCUT2D eigenvalue weighted by Crippen LogP contribution is 2.37. The second-order valence-corrected chi connectivity index (χ2v) is 6.28. The van der Waals surface area contributed by atoms with Gasteiger partial charge in [-0.05, 0) is 25.7 Å². The quantitative estimate of drug-likeness (QED) is 0.678. The fraction of sp³-hybridized carbons (Fsp3) is 0.786. The molecule has 0 aliphatic carbocycles. The van der Waals surface area contributed by atoms with Crippen LogP contribution < -0.4 is 10.6 Å². The minimum atomic E-state index is -0.296. The molecule has 1 saturated heterocycles. The van der Waals surface area contributed by atoms with E-state index in [4.69, 9.17) is 5.73 Å². The largest absolute Gasteiger partial charge is 0.351 e. The molecule has 1 aliphatic heterocycles. The molecule has 118 valence electrons. The van der Waals surface area contributed by atoms with Crippen LogP contribution in [0.5, 0.6) is 0 Å². The van der Waals surface area contributed by atoms with Gasteiger partial charge in [0, 0.05) is 32.1 Å². The van der Waals surface area contributed by atoms with Gasteiger partial charge in [0.1, 0.15) is 5.69 Å². The van der Waals surface area contributed by atoms with E-state index in [9.17, 15) is 10.1 Å². The summed E-state index contributed by atoms with van der Waals surface area (Å²) < 4.78 is 1.65. The number of aromatic nitrogens is 2. The van der Waals surface area contributed by atoms with Crippen LogP contribution in [0.2, 0.25) is 0 Å². The van der Waals surface area contributed by atoms with E-state index in [1.54, 1.807) is 11.7 Å². The Bertz CT molecular complexity index is 516. The molecule has 1 fully saturated rings. The molecule has 1 unspecified atom stereocenters. The summed E-state index contributed by atoms with van der Waals surface area (Å²) in [5.74, 6) is 1.16. The van der Waals surface area contributed by atoms with Crippen molar-refractivity contribution in [3.05, 3.63) is 15.8 Å². The van der Waals surface area contributed by atoms with Crippen LogP contribution in [0, 0.1) is 16.0 Å². The lowest BCUT2D eigenvalue weighted by Gasteiger charge is -2.34. The second kappa shape index (κ2) is 6.01. The Morgan fingerprint density at radius 3 is 2.33 bits per heavy atom. The molecule has 0 bridgehead atoms. The van der Waals surface area contributed by atoms with Crippen molar-refractivity contribution < 1.29 is 4.92 Å². The highest BCUT2D eigenvalue weighted by Gasteiger charge is 2.33. The highest BCUT2D eigenvalue weighted by molar-refractivity contribution is 5.62. The number of hydrogen-bond acceptors (Lipinski definition) is 5. The number of nitrogens with zero attached hydrogens (tertiary/aromatic N) is 4. The third-order valence-corrected chi connectivity index (χ3v) is 4.33. The molecule has 0 amide bonds. The van der Waals surface area contributed by atoms with Crippen molar-refractivity contribution in [3.63, 3.8) is 0 Å². The van der Waals surface area contributed by atoms with Crippen LogP contribution in [0.1, 0.15) is 45.2 Å². The van der Waals surface area contributed by atoms with Crippen molar-refractivity contribution in [2.75, 3.05) is 18.0 Å². The van der Waals surface area contributed by atoms with E-state index in [2.05, 4.69) is 10.00 Å². The standard InChI is InChI=1S/C14H25N5O2/c1-9(2)12-13(19(20)21)14(17(4)16-12)18-7-5-11(6-8-18)10(3)15/h9-11H,5-8,15H2,1-4H3. The van der Waals surface area contributed by atoms with Crippen LogP contribution in [0.15, 0.2) is 0 Å². The first-order chi connectivity index (χ1) is 9.82.